The first-order valence-electron chi connectivity index (χ1n) is 3.34. The average Bonchev–Trinajstić information content (AvgIpc) is 2.06. The van der Waals surface area contributed by atoms with E-state index in [1.165, 1.54) is 0 Å². The molecule has 1 N–H and O–H groups in total. The minimum absolute atomic E-state index is 0.110. The van der Waals surface area contributed by atoms with Crippen molar-refractivity contribution in [1.29, 1.82) is 0 Å². The van der Waals surface area contributed by atoms with E-state index in [0.29, 0.717) is 0 Å². The summed E-state index contributed by atoms with van der Waals surface area (Å²) in [6, 6.07) is 9.30. The largest absolute Gasteiger partial charge is 0.324 e. The Morgan fingerprint density at radius 2 is 1.83 bits per heavy atom. The Balaban J connectivity index is 2.59. The SMILES string of the molecule is O=C(Nc1ccccc1)C(Br)Br. The van der Waals surface area contributed by atoms with Gasteiger partial charge < -0.3 is 5.32 Å². The summed E-state index contributed by atoms with van der Waals surface area (Å²) in [4.78, 5) is 11.1. The number of carbonyl (C=O) groups excluding carboxylic acids is 1. The predicted molar refractivity (Wildman–Crippen MR) is 56.7 cm³/mol. The standard InChI is InChI=1S/C8H7Br2NO/c9-7(10)8(12)11-6-4-2-1-3-5-6/h1-5,7H,(H,11,12). The van der Waals surface area contributed by atoms with Crippen molar-refractivity contribution in [2.75, 3.05) is 5.32 Å². The third-order valence-corrected chi connectivity index (χ3v) is 2.07. The van der Waals surface area contributed by atoms with E-state index in [1.54, 1.807) is 0 Å². The molecular formula is C8H7Br2NO. The van der Waals surface area contributed by atoms with Crippen LogP contribution in [0.4, 0.5) is 5.69 Å². The van der Waals surface area contributed by atoms with E-state index < -0.39 is 0 Å². The number of rotatable bonds is 2. The predicted octanol–water partition coefficient (Wildman–Crippen LogP) is 2.74. The van der Waals surface area contributed by atoms with E-state index in [9.17, 15) is 4.79 Å². The zero-order valence-corrected chi connectivity index (χ0v) is 9.30. The summed E-state index contributed by atoms with van der Waals surface area (Å²) in [5.41, 5.74) is 0.798. The fourth-order valence-corrected chi connectivity index (χ4v) is 0.947. The maximum atomic E-state index is 11.1. The fraction of sp³-hybridized carbons (Fsp3) is 0.125. The number of para-hydroxylation sites is 1. The number of benzene rings is 1. The highest BCUT2D eigenvalue weighted by Gasteiger charge is 2.09. The molecule has 0 heterocycles. The molecule has 12 heavy (non-hydrogen) atoms. The molecule has 1 rings (SSSR count). The lowest BCUT2D eigenvalue weighted by Crippen LogP contribution is -2.17. The van der Waals surface area contributed by atoms with Gasteiger partial charge in [-0.2, -0.15) is 0 Å². The van der Waals surface area contributed by atoms with Crippen LogP contribution in [0.2, 0.25) is 0 Å². The van der Waals surface area contributed by atoms with Gasteiger partial charge in [-0.1, -0.05) is 50.1 Å². The number of nitrogens with one attached hydrogen (secondary N) is 1. The molecule has 1 amide bonds. The molecule has 0 spiro atoms. The molecule has 2 nitrogen and oxygen atoms in total. The summed E-state index contributed by atoms with van der Waals surface area (Å²) in [5.74, 6) is -0.110. The summed E-state index contributed by atoms with van der Waals surface area (Å²) < 4.78 is -0.342. The molecule has 0 saturated carbocycles. The molecule has 64 valence electrons. The molecule has 0 aliphatic carbocycles. The molecule has 0 saturated heterocycles. The van der Waals surface area contributed by atoms with Crippen molar-refractivity contribution in [2.24, 2.45) is 0 Å². The second kappa shape index (κ2) is 4.62. The summed E-state index contributed by atoms with van der Waals surface area (Å²) in [5, 5.41) is 2.71. The number of amides is 1. The molecule has 4 heteroatoms. The lowest BCUT2D eigenvalue weighted by atomic mass is 10.3. The van der Waals surface area contributed by atoms with Gasteiger partial charge in [0.2, 0.25) is 5.91 Å². The van der Waals surface area contributed by atoms with Gasteiger partial charge in [0, 0.05) is 5.69 Å². The Kier molecular flexibility index (Phi) is 3.75. The molecule has 1 aromatic rings. The van der Waals surface area contributed by atoms with Crippen molar-refractivity contribution in [3.8, 4) is 0 Å². The number of hydrogen-bond acceptors (Lipinski definition) is 1. The van der Waals surface area contributed by atoms with E-state index in [2.05, 4.69) is 37.2 Å². The monoisotopic (exact) mass is 291 g/mol. The van der Waals surface area contributed by atoms with Crippen molar-refractivity contribution in [3.63, 3.8) is 0 Å². The molecule has 1 aromatic carbocycles. The minimum Gasteiger partial charge on any atom is -0.324 e. The van der Waals surface area contributed by atoms with Crippen LogP contribution in [-0.4, -0.2) is 9.64 Å². The quantitative estimate of drug-likeness (QED) is 0.835. The minimum atomic E-state index is -0.342. The molecule has 0 aliphatic heterocycles. The van der Waals surface area contributed by atoms with E-state index in [4.69, 9.17) is 0 Å². The van der Waals surface area contributed by atoms with Crippen LogP contribution in [0, 0.1) is 0 Å². The summed E-state index contributed by atoms with van der Waals surface area (Å²) in [6.07, 6.45) is 0. The Hall–Kier alpha value is -0.350. The van der Waals surface area contributed by atoms with Crippen LogP contribution in [0.15, 0.2) is 30.3 Å². The summed E-state index contributed by atoms with van der Waals surface area (Å²) in [7, 11) is 0. The second-order valence-corrected chi connectivity index (χ2v) is 5.22. The normalized spacial score (nSPS) is 9.92. The van der Waals surface area contributed by atoms with Gasteiger partial charge in [-0.15, -0.1) is 0 Å². The lowest BCUT2D eigenvalue weighted by Gasteiger charge is -2.04. The first-order valence-corrected chi connectivity index (χ1v) is 5.17. The zero-order valence-electron chi connectivity index (χ0n) is 6.13. The molecule has 0 bridgehead atoms. The molecule has 0 atom stereocenters. The smallest absolute Gasteiger partial charge is 0.248 e. The summed E-state index contributed by atoms with van der Waals surface area (Å²) in [6.45, 7) is 0. The first-order chi connectivity index (χ1) is 5.70. The van der Waals surface area contributed by atoms with Crippen LogP contribution in [0.25, 0.3) is 0 Å². The van der Waals surface area contributed by atoms with Crippen molar-refractivity contribution >= 4 is 43.5 Å². The van der Waals surface area contributed by atoms with Gasteiger partial charge in [-0.3, -0.25) is 4.79 Å². The Morgan fingerprint density at radius 1 is 1.25 bits per heavy atom. The molecule has 0 radical (unpaired) electrons. The van der Waals surface area contributed by atoms with E-state index in [0.717, 1.165) is 5.69 Å². The topological polar surface area (TPSA) is 29.1 Å². The van der Waals surface area contributed by atoms with Gasteiger partial charge >= 0.3 is 0 Å². The van der Waals surface area contributed by atoms with E-state index >= 15 is 0 Å². The van der Waals surface area contributed by atoms with Crippen LogP contribution in [0.1, 0.15) is 0 Å². The number of anilines is 1. The third kappa shape index (κ3) is 2.95. The van der Waals surface area contributed by atoms with Crippen LogP contribution in [0.5, 0.6) is 0 Å². The fourth-order valence-electron chi connectivity index (χ4n) is 0.718. The van der Waals surface area contributed by atoms with Crippen molar-refractivity contribution in [3.05, 3.63) is 30.3 Å². The first kappa shape index (κ1) is 9.74. The highest BCUT2D eigenvalue weighted by atomic mass is 79.9. The lowest BCUT2D eigenvalue weighted by molar-refractivity contribution is -0.114. The van der Waals surface area contributed by atoms with Crippen molar-refractivity contribution in [1.82, 2.24) is 0 Å². The van der Waals surface area contributed by atoms with Gasteiger partial charge in [-0.25, -0.2) is 0 Å². The Bertz CT molecular complexity index is 261. The van der Waals surface area contributed by atoms with Crippen LogP contribution in [-0.2, 0) is 4.79 Å². The molecule has 0 aromatic heterocycles. The Morgan fingerprint density at radius 3 is 2.33 bits per heavy atom. The number of halogens is 2. The van der Waals surface area contributed by atoms with Gasteiger partial charge in [0.1, 0.15) is 3.74 Å². The maximum Gasteiger partial charge on any atom is 0.248 e. The van der Waals surface area contributed by atoms with E-state index in [-0.39, 0.29) is 9.64 Å². The van der Waals surface area contributed by atoms with E-state index in [1.807, 2.05) is 30.3 Å². The number of carbonyl (C=O) groups is 1. The second-order valence-electron chi connectivity index (χ2n) is 2.16. The number of hydrogen-bond donors (Lipinski definition) is 1. The van der Waals surface area contributed by atoms with Crippen LogP contribution < -0.4 is 5.32 Å². The van der Waals surface area contributed by atoms with Gasteiger partial charge in [0.05, 0.1) is 0 Å². The molecule has 0 fully saturated rings. The molecule has 0 aliphatic rings. The highest BCUT2D eigenvalue weighted by Crippen LogP contribution is 2.12. The Labute approximate surface area is 87.6 Å². The van der Waals surface area contributed by atoms with Gasteiger partial charge in [0.15, 0.2) is 0 Å². The average molecular weight is 293 g/mol. The van der Waals surface area contributed by atoms with Crippen molar-refractivity contribution < 1.29 is 4.79 Å². The number of alkyl halides is 2. The van der Waals surface area contributed by atoms with Gasteiger partial charge in [-0.05, 0) is 12.1 Å². The third-order valence-electron chi connectivity index (χ3n) is 1.24. The van der Waals surface area contributed by atoms with Crippen molar-refractivity contribution in [2.45, 2.75) is 3.74 Å². The van der Waals surface area contributed by atoms with Crippen LogP contribution >= 0.6 is 31.9 Å². The highest BCUT2D eigenvalue weighted by molar-refractivity contribution is 9.25. The van der Waals surface area contributed by atoms with Crippen LogP contribution in [0.3, 0.4) is 0 Å². The molecular weight excluding hydrogens is 286 g/mol. The van der Waals surface area contributed by atoms with Gasteiger partial charge in [0.25, 0.3) is 0 Å². The maximum absolute atomic E-state index is 11.1. The zero-order chi connectivity index (χ0) is 8.97. The molecule has 0 unspecified atom stereocenters. The summed E-state index contributed by atoms with van der Waals surface area (Å²) >= 11 is 6.20.